The summed E-state index contributed by atoms with van der Waals surface area (Å²) in [4.78, 5) is 0. The maximum atomic E-state index is 14.2. The summed E-state index contributed by atoms with van der Waals surface area (Å²) in [6, 6.07) is 12.1. The molecule has 0 bridgehead atoms. The Morgan fingerprint density at radius 1 is 1.10 bits per heavy atom. The lowest BCUT2D eigenvalue weighted by atomic mass is 9.96. The summed E-state index contributed by atoms with van der Waals surface area (Å²) in [6.07, 6.45) is 0.0342. The first kappa shape index (κ1) is 15.5. The molecule has 0 saturated carbocycles. The summed E-state index contributed by atoms with van der Waals surface area (Å²) < 4.78 is 20.0. The standard InChI is InChI=1S/C17H21FN2O/c1-11(2)21-16-7-5-4-6-13(16)17(20-19)14-10-12(3)8-9-15(14)18/h4-11,17,20H,19H2,1-3H3. The van der Waals surface area contributed by atoms with Gasteiger partial charge in [0.15, 0.2) is 0 Å². The van der Waals surface area contributed by atoms with Crippen LogP contribution in [0, 0.1) is 12.7 Å². The molecular formula is C17H21FN2O. The van der Waals surface area contributed by atoms with Gasteiger partial charge in [0.2, 0.25) is 0 Å². The number of benzene rings is 2. The van der Waals surface area contributed by atoms with Crippen LogP contribution in [0.3, 0.4) is 0 Å². The molecule has 0 aromatic heterocycles. The summed E-state index contributed by atoms with van der Waals surface area (Å²) in [7, 11) is 0. The molecule has 2 aromatic rings. The Bertz CT molecular complexity index is 613. The fraction of sp³-hybridized carbons (Fsp3) is 0.294. The molecule has 0 radical (unpaired) electrons. The van der Waals surface area contributed by atoms with Crippen molar-refractivity contribution < 1.29 is 9.13 Å². The van der Waals surface area contributed by atoms with E-state index in [0.29, 0.717) is 11.3 Å². The van der Waals surface area contributed by atoms with E-state index in [4.69, 9.17) is 10.6 Å². The molecule has 3 N–H and O–H groups in total. The smallest absolute Gasteiger partial charge is 0.128 e. The number of hydrogen-bond donors (Lipinski definition) is 2. The summed E-state index contributed by atoms with van der Waals surface area (Å²) in [5.41, 5.74) is 5.01. The van der Waals surface area contributed by atoms with Crippen LogP contribution in [-0.4, -0.2) is 6.10 Å². The van der Waals surface area contributed by atoms with Gasteiger partial charge in [-0.05, 0) is 32.9 Å². The molecule has 0 fully saturated rings. The van der Waals surface area contributed by atoms with E-state index < -0.39 is 6.04 Å². The van der Waals surface area contributed by atoms with Gasteiger partial charge in [0, 0.05) is 11.1 Å². The molecule has 0 saturated heterocycles. The van der Waals surface area contributed by atoms with Crippen LogP contribution in [0.5, 0.6) is 5.75 Å². The number of hydrogen-bond acceptors (Lipinski definition) is 3. The topological polar surface area (TPSA) is 47.3 Å². The van der Waals surface area contributed by atoms with E-state index >= 15 is 0 Å². The molecular weight excluding hydrogens is 267 g/mol. The van der Waals surface area contributed by atoms with E-state index in [1.165, 1.54) is 6.07 Å². The van der Waals surface area contributed by atoms with Crippen molar-refractivity contribution in [3.8, 4) is 5.75 Å². The average molecular weight is 288 g/mol. The van der Waals surface area contributed by atoms with E-state index in [1.54, 1.807) is 12.1 Å². The normalized spacial score (nSPS) is 12.5. The van der Waals surface area contributed by atoms with Crippen LogP contribution in [0.2, 0.25) is 0 Å². The third-order valence-corrected chi connectivity index (χ3v) is 3.22. The predicted octanol–water partition coefficient (Wildman–Crippen LogP) is 3.47. The molecule has 0 aliphatic carbocycles. The summed E-state index contributed by atoms with van der Waals surface area (Å²) in [6.45, 7) is 5.83. The summed E-state index contributed by atoms with van der Waals surface area (Å²) in [5.74, 6) is 6.10. The molecule has 0 heterocycles. The minimum absolute atomic E-state index is 0.0342. The molecule has 1 unspecified atom stereocenters. The Kier molecular flexibility index (Phi) is 4.94. The van der Waals surface area contributed by atoms with Crippen LogP contribution < -0.4 is 16.0 Å². The van der Waals surface area contributed by atoms with Crippen LogP contribution in [0.4, 0.5) is 4.39 Å². The third kappa shape index (κ3) is 3.60. The van der Waals surface area contributed by atoms with Gasteiger partial charge >= 0.3 is 0 Å². The zero-order chi connectivity index (χ0) is 15.4. The largest absolute Gasteiger partial charge is 0.491 e. The molecule has 2 aromatic carbocycles. The van der Waals surface area contributed by atoms with E-state index in [-0.39, 0.29) is 11.9 Å². The van der Waals surface area contributed by atoms with E-state index in [1.807, 2.05) is 45.0 Å². The van der Waals surface area contributed by atoms with Crippen LogP contribution >= 0.6 is 0 Å². The van der Waals surface area contributed by atoms with Gasteiger partial charge in [-0.25, -0.2) is 9.82 Å². The molecule has 0 aliphatic heterocycles. The van der Waals surface area contributed by atoms with Crippen LogP contribution in [0.1, 0.15) is 36.6 Å². The van der Waals surface area contributed by atoms with Crippen LogP contribution in [0.25, 0.3) is 0 Å². The van der Waals surface area contributed by atoms with Gasteiger partial charge in [-0.1, -0.05) is 35.9 Å². The number of rotatable bonds is 5. The second-order valence-electron chi connectivity index (χ2n) is 5.33. The van der Waals surface area contributed by atoms with E-state index in [9.17, 15) is 4.39 Å². The Morgan fingerprint density at radius 2 is 1.81 bits per heavy atom. The number of halogens is 1. The Balaban J connectivity index is 2.49. The minimum atomic E-state index is -0.458. The van der Waals surface area contributed by atoms with Crippen molar-refractivity contribution in [1.82, 2.24) is 5.43 Å². The number of hydrazine groups is 1. The third-order valence-electron chi connectivity index (χ3n) is 3.22. The van der Waals surface area contributed by atoms with Crippen LogP contribution in [-0.2, 0) is 0 Å². The van der Waals surface area contributed by atoms with Gasteiger partial charge in [-0.15, -0.1) is 0 Å². The van der Waals surface area contributed by atoms with Gasteiger partial charge in [0.05, 0.1) is 12.1 Å². The maximum Gasteiger partial charge on any atom is 0.128 e. The molecule has 2 rings (SSSR count). The van der Waals surface area contributed by atoms with Gasteiger partial charge in [0.25, 0.3) is 0 Å². The van der Waals surface area contributed by atoms with Gasteiger partial charge in [-0.2, -0.15) is 0 Å². The molecule has 4 heteroatoms. The highest BCUT2D eigenvalue weighted by atomic mass is 19.1. The molecule has 21 heavy (non-hydrogen) atoms. The Morgan fingerprint density at radius 3 is 2.48 bits per heavy atom. The first-order chi connectivity index (χ1) is 10.0. The van der Waals surface area contributed by atoms with Crippen molar-refractivity contribution in [3.63, 3.8) is 0 Å². The maximum absolute atomic E-state index is 14.2. The number of para-hydroxylation sites is 1. The second kappa shape index (κ2) is 6.70. The van der Waals surface area contributed by atoms with Crippen molar-refractivity contribution >= 4 is 0 Å². The number of nitrogens with one attached hydrogen (secondary N) is 1. The Labute approximate surface area is 124 Å². The number of nitrogens with two attached hydrogens (primary N) is 1. The van der Waals surface area contributed by atoms with E-state index in [0.717, 1.165) is 11.1 Å². The quantitative estimate of drug-likeness (QED) is 0.654. The van der Waals surface area contributed by atoms with Crippen molar-refractivity contribution in [2.24, 2.45) is 5.84 Å². The van der Waals surface area contributed by atoms with Gasteiger partial charge in [0.1, 0.15) is 11.6 Å². The lowest BCUT2D eigenvalue weighted by Gasteiger charge is -2.22. The second-order valence-corrected chi connectivity index (χ2v) is 5.33. The summed E-state index contributed by atoms with van der Waals surface area (Å²) >= 11 is 0. The lowest BCUT2D eigenvalue weighted by molar-refractivity contribution is 0.238. The summed E-state index contributed by atoms with van der Waals surface area (Å²) in [5, 5.41) is 0. The highest BCUT2D eigenvalue weighted by molar-refractivity contribution is 5.42. The molecule has 1 atom stereocenters. The lowest BCUT2D eigenvalue weighted by Crippen LogP contribution is -2.30. The highest BCUT2D eigenvalue weighted by Crippen LogP contribution is 2.31. The van der Waals surface area contributed by atoms with Crippen molar-refractivity contribution in [2.45, 2.75) is 32.9 Å². The molecule has 0 amide bonds. The molecule has 112 valence electrons. The van der Waals surface area contributed by atoms with Crippen molar-refractivity contribution in [1.29, 1.82) is 0 Å². The average Bonchev–Trinajstić information content (AvgIpc) is 2.44. The fourth-order valence-electron chi connectivity index (χ4n) is 2.31. The monoisotopic (exact) mass is 288 g/mol. The molecule has 0 aliphatic rings. The van der Waals surface area contributed by atoms with Crippen LogP contribution in [0.15, 0.2) is 42.5 Å². The fourth-order valence-corrected chi connectivity index (χ4v) is 2.31. The minimum Gasteiger partial charge on any atom is -0.491 e. The number of ether oxygens (including phenoxy) is 1. The Hall–Kier alpha value is -1.91. The predicted molar refractivity (Wildman–Crippen MR) is 82.5 cm³/mol. The SMILES string of the molecule is Cc1ccc(F)c(C(NN)c2ccccc2OC(C)C)c1. The van der Waals surface area contributed by atoms with Gasteiger partial charge < -0.3 is 4.74 Å². The van der Waals surface area contributed by atoms with Crippen molar-refractivity contribution in [2.75, 3.05) is 0 Å². The zero-order valence-corrected chi connectivity index (χ0v) is 12.6. The molecule has 0 spiro atoms. The van der Waals surface area contributed by atoms with Crippen molar-refractivity contribution in [3.05, 3.63) is 65.0 Å². The van der Waals surface area contributed by atoms with Gasteiger partial charge in [-0.3, -0.25) is 5.84 Å². The first-order valence-electron chi connectivity index (χ1n) is 7.00. The van der Waals surface area contributed by atoms with E-state index in [2.05, 4.69) is 5.43 Å². The first-order valence-corrected chi connectivity index (χ1v) is 7.00. The molecule has 3 nitrogen and oxygen atoms in total. The zero-order valence-electron chi connectivity index (χ0n) is 12.6. The highest BCUT2D eigenvalue weighted by Gasteiger charge is 2.20. The number of aryl methyl sites for hydroxylation is 1.